The average molecular weight is 341 g/mol. The van der Waals surface area contributed by atoms with Crippen molar-refractivity contribution in [2.45, 2.75) is 25.7 Å². The molecule has 2 atom stereocenters. The molecule has 0 aromatic heterocycles. The van der Waals surface area contributed by atoms with Gasteiger partial charge < -0.3 is 14.7 Å². The number of nitrogens with zero attached hydrogens (tertiary/aromatic N) is 1. The van der Waals surface area contributed by atoms with E-state index in [2.05, 4.69) is 0 Å². The Balaban J connectivity index is 1.79. The number of carboxylic acid groups (broad SMARTS) is 1. The van der Waals surface area contributed by atoms with Crippen molar-refractivity contribution in [2.24, 2.45) is 5.92 Å². The summed E-state index contributed by atoms with van der Waals surface area (Å²) >= 11 is 0. The van der Waals surface area contributed by atoms with Crippen LogP contribution in [0.25, 0.3) is 10.8 Å². The molecular weight excluding hydrogens is 318 g/mol. The largest absolute Gasteiger partial charge is 0.497 e. The molecular formula is C20H23NO4. The van der Waals surface area contributed by atoms with Crippen LogP contribution >= 0.6 is 0 Å². The van der Waals surface area contributed by atoms with Crippen LogP contribution in [0.3, 0.4) is 0 Å². The summed E-state index contributed by atoms with van der Waals surface area (Å²) in [6.45, 7) is 2.83. The second kappa shape index (κ2) is 7.13. The SMILES string of the molecule is COc1ccc2cc([C@H](C)C(=O)N3CCCC(C(=O)O)C3)ccc2c1. The molecule has 1 saturated heterocycles. The highest BCUT2D eigenvalue weighted by Crippen LogP contribution is 2.27. The molecule has 1 heterocycles. The van der Waals surface area contributed by atoms with E-state index in [0.29, 0.717) is 19.5 Å². The van der Waals surface area contributed by atoms with Gasteiger partial charge in [-0.1, -0.05) is 24.3 Å². The molecule has 25 heavy (non-hydrogen) atoms. The number of benzene rings is 2. The van der Waals surface area contributed by atoms with Crippen LogP contribution in [0.15, 0.2) is 36.4 Å². The fourth-order valence-corrected chi connectivity index (χ4v) is 3.43. The second-order valence-corrected chi connectivity index (χ2v) is 6.66. The van der Waals surface area contributed by atoms with E-state index in [1.807, 2.05) is 43.3 Å². The van der Waals surface area contributed by atoms with Gasteiger partial charge in [0.25, 0.3) is 0 Å². The minimum absolute atomic E-state index is 0.00110. The Morgan fingerprint density at radius 3 is 2.64 bits per heavy atom. The van der Waals surface area contributed by atoms with Gasteiger partial charge in [0.2, 0.25) is 5.91 Å². The Labute approximate surface area is 147 Å². The molecule has 1 N–H and O–H groups in total. The molecule has 1 amide bonds. The van der Waals surface area contributed by atoms with Gasteiger partial charge in [0.05, 0.1) is 18.9 Å². The maximum Gasteiger partial charge on any atom is 0.308 e. The number of likely N-dealkylation sites (tertiary alicyclic amines) is 1. The minimum atomic E-state index is -0.815. The zero-order valence-electron chi connectivity index (χ0n) is 14.6. The molecule has 5 nitrogen and oxygen atoms in total. The zero-order valence-corrected chi connectivity index (χ0v) is 14.6. The third-order valence-electron chi connectivity index (χ3n) is 5.02. The van der Waals surface area contributed by atoms with Crippen LogP contribution in [-0.2, 0) is 9.59 Å². The molecule has 3 rings (SSSR count). The van der Waals surface area contributed by atoms with E-state index < -0.39 is 11.9 Å². The van der Waals surface area contributed by atoms with Gasteiger partial charge >= 0.3 is 5.97 Å². The van der Waals surface area contributed by atoms with Crippen molar-refractivity contribution in [3.8, 4) is 5.75 Å². The summed E-state index contributed by atoms with van der Waals surface area (Å²) < 4.78 is 5.24. The third kappa shape index (κ3) is 3.60. The molecule has 5 heteroatoms. The summed E-state index contributed by atoms with van der Waals surface area (Å²) in [5.74, 6) is -0.756. The number of amides is 1. The number of carbonyl (C=O) groups is 2. The van der Waals surface area contributed by atoms with E-state index in [0.717, 1.165) is 28.5 Å². The van der Waals surface area contributed by atoms with Gasteiger partial charge in [-0.05, 0) is 48.2 Å². The fraction of sp³-hybridized carbons (Fsp3) is 0.400. The first-order chi connectivity index (χ1) is 12.0. The molecule has 0 radical (unpaired) electrons. The van der Waals surface area contributed by atoms with Crippen LogP contribution in [0.2, 0.25) is 0 Å². The lowest BCUT2D eigenvalue weighted by molar-refractivity contribution is -0.146. The lowest BCUT2D eigenvalue weighted by Crippen LogP contribution is -2.43. The number of aliphatic carboxylic acids is 1. The van der Waals surface area contributed by atoms with Crippen LogP contribution in [-0.4, -0.2) is 42.1 Å². The number of hydrogen-bond donors (Lipinski definition) is 1. The van der Waals surface area contributed by atoms with Gasteiger partial charge in [0.15, 0.2) is 0 Å². The number of hydrogen-bond acceptors (Lipinski definition) is 3. The molecule has 2 aromatic carbocycles. The first-order valence-corrected chi connectivity index (χ1v) is 8.59. The molecule has 0 aliphatic carbocycles. The van der Waals surface area contributed by atoms with Crippen LogP contribution in [0.4, 0.5) is 0 Å². The monoisotopic (exact) mass is 341 g/mol. The Hall–Kier alpha value is -2.56. The highest BCUT2D eigenvalue weighted by Gasteiger charge is 2.30. The van der Waals surface area contributed by atoms with Gasteiger partial charge in [-0.15, -0.1) is 0 Å². The van der Waals surface area contributed by atoms with Crippen molar-refractivity contribution in [2.75, 3.05) is 20.2 Å². The summed E-state index contributed by atoms with van der Waals surface area (Å²) in [5.41, 5.74) is 0.945. The number of piperidine rings is 1. The first kappa shape index (κ1) is 17.3. The highest BCUT2D eigenvalue weighted by atomic mass is 16.5. The number of fused-ring (bicyclic) bond motifs is 1. The average Bonchev–Trinajstić information content (AvgIpc) is 2.66. The lowest BCUT2D eigenvalue weighted by atomic mass is 9.93. The summed E-state index contributed by atoms with van der Waals surface area (Å²) in [7, 11) is 1.64. The molecule has 2 aromatic rings. The van der Waals surface area contributed by atoms with Crippen molar-refractivity contribution >= 4 is 22.6 Å². The molecule has 1 unspecified atom stereocenters. The van der Waals surface area contributed by atoms with E-state index in [1.54, 1.807) is 12.0 Å². The third-order valence-corrected chi connectivity index (χ3v) is 5.02. The van der Waals surface area contributed by atoms with Crippen LogP contribution in [0.5, 0.6) is 5.75 Å². The number of carboxylic acids is 1. The smallest absolute Gasteiger partial charge is 0.308 e. The quantitative estimate of drug-likeness (QED) is 0.927. The fourth-order valence-electron chi connectivity index (χ4n) is 3.43. The standard InChI is InChI=1S/C20H23NO4/c1-13(19(22)21-9-3-4-17(12-21)20(23)24)14-5-6-16-11-18(25-2)8-7-15(16)10-14/h5-8,10-11,13,17H,3-4,9,12H2,1-2H3,(H,23,24)/t13-,17?/m0/s1. The normalized spacial score (nSPS) is 18.8. The van der Waals surface area contributed by atoms with E-state index in [1.165, 1.54) is 0 Å². The van der Waals surface area contributed by atoms with Crippen LogP contribution in [0.1, 0.15) is 31.2 Å². The number of carbonyl (C=O) groups excluding carboxylic acids is 1. The number of rotatable bonds is 4. The Morgan fingerprint density at radius 1 is 1.20 bits per heavy atom. The highest BCUT2D eigenvalue weighted by molar-refractivity contribution is 5.88. The predicted octanol–water partition coefficient (Wildman–Crippen LogP) is 3.28. The molecule has 1 fully saturated rings. The minimum Gasteiger partial charge on any atom is -0.497 e. The van der Waals surface area contributed by atoms with Crippen molar-refractivity contribution in [1.82, 2.24) is 4.90 Å². The van der Waals surface area contributed by atoms with E-state index in [4.69, 9.17) is 4.74 Å². The molecule has 1 aliphatic heterocycles. The maximum atomic E-state index is 12.8. The topological polar surface area (TPSA) is 66.8 Å². The zero-order chi connectivity index (χ0) is 18.0. The van der Waals surface area contributed by atoms with Gasteiger partial charge in [0, 0.05) is 13.1 Å². The van der Waals surface area contributed by atoms with E-state index in [-0.39, 0.29) is 11.8 Å². The Bertz CT molecular complexity index is 801. The summed E-state index contributed by atoms with van der Waals surface area (Å²) in [6, 6.07) is 11.8. The maximum absolute atomic E-state index is 12.8. The molecule has 1 aliphatic rings. The lowest BCUT2D eigenvalue weighted by Gasteiger charge is -2.32. The number of ether oxygens (including phenoxy) is 1. The number of methoxy groups -OCH3 is 1. The van der Waals surface area contributed by atoms with E-state index in [9.17, 15) is 14.7 Å². The Morgan fingerprint density at radius 2 is 1.92 bits per heavy atom. The van der Waals surface area contributed by atoms with Crippen molar-refractivity contribution in [3.05, 3.63) is 42.0 Å². The van der Waals surface area contributed by atoms with Gasteiger partial charge in [0.1, 0.15) is 5.75 Å². The molecule has 0 saturated carbocycles. The van der Waals surface area contributed by atoms with E-state index >= 15 is 0 Å². The van der Waals surface area contributed by atoms with Crippen LogP contribution in [0, 0.1) is 5.92 Å². The summed E-state index contributed by atoms with van der Waals surface area (Å²) in [6.07, 6.45) is 1.39. The summed E-state index contributed by atoms with van der Waals surface area (Å²) in [5, 5.41) is 11.3. The van der Waals surface area contributed by atoms with Crippen LogP contribution < -0.4 is 4.74 Å². The molecule has 132 valence electrons. The Kier molecular flexibility index (Phi) is 4.93. The van der Waals surface area contributed by atoms with Crippen molar-refractivity contribution in [3.63, 3.8) is 0 Å². The van der Waals surface area contributed by atoms with Crippen molar-refractivity contribution in [1.29, 1.82) is 0 Å². The van der Waals surface area contributed by atoms with Crippen molar-refractivity contribution < 1.29 is 19.4 Å². The first-order valence-electron chi connectivity index (χ1n) is 8.59. The van der Waals surface area contributed by atoms with Gasteiger partial charge in [-0.3, -0.25) is 9.59 Å². The molecule has 0 bridgehead atoms. The molecule has 0 spiro atoms. The van der Waals surface area contributed by atoms with Gasteiger partial charge in [-0.2, -0.15) is 0 Å². The predicted molar refractivity (Wildman–Crippen MR) is 95.9 cm³/mol. The van der Waals surface area contributed by atoms with Gasteiger partial charge in [-0.25, -0.2) is 0 Å². The second-order valence-electron chi connectivity index (χ2n) is 6.66. The summed E-state index contributed by atoms with van der Waals surface area (Å²) in [4.78, 5) is 25.7.